The lowest BCUT2D eigenvalue weighted by Gasteiger charge is -2.25. The first-order valence-electron chi connectivity index (χ1n) is 5.65. The van der Waals surface area contributed by atoms with Gasteiger partial charge in [0.25, 0.3) is 0 Å². The lowest BCUT2D eigenvalue weighted by molar-refractivity contribution is -0.132. The number of carbonyl (C=O) groups is 1. The normalized spacial score (nSPS) is 25.0. The zero-order chi connectivity index (χ0) is 11.5. The molecule has 0 bridgehead atoms. The average Bonchev–Trinajstić information content (AvgIpc) is 2.87. The smallest absolute Gasteiger partial charge is 0.228 e. The van der Waals surface area contributed by atoms with Crippen LogP contribution in [0.5, 0.6) is 0 Å². The minimum atomic E-state index is 0.0208. The number of amides is 1. The molecule has 1 aliphatic rings. The third kappa shape index (κ3) is 2.28. The molecule has 16 heavy (non-hydrogen) atoms. The van der Waals surface area contributed by atoms with E-state index < -0.39 is 0 Å². The van der Waals surface area contributed by atoms with Gasteiger partial charge in [-0.25, -0.2) is 0 Å². The van der Waals surface area contributed by atoms with E-state index in [1.165, 1.54) is 0 Å². The summed E-state index contributed by atoms with van der Waals surface area (Å²) in [4.78, 5) is 15.0. The van der Waals surface area contributed by atoms with Crippen molar-refractivity contribution in [2.45, 2.75) is 25.8 Å². The van der Waals surface area contributed by atoms with Gasteiger partial charge in [-0.2, -0.15) is 0 Å². The van der Waals surface area contributed by atoms with E-state index in [1.807, 2.05) is 22.4 Å². The topological polar surface area (TPSA) is 40.5 Å². The lowest BCUT2D eigenvalue weighted by atomic mass is 10.0. The molecule has 1 fully saturated rings. The van der Waals surface area contributed by atoms with Crippen molar-refractivity contribution in [2.24, 2.45) is 5.92 Å². The van der Waals surface area contributed by atoms with E-state index in [4.69, 9.17) is 0 Å². The summed E-state index contributed by atoms with van der Waals surface area (Å²) >= 11 is 1.61. The molecular formula is C12H17NO2S. The maximum absolute atomic E-state index is 12.0. The van der Waals surface area contributed by atoms with Gasteiger partial charge in [0, 0.05) is 11.4 Å². The highest BCUT2D eigenvalue weighted by Gasteiger charge is 2.33. The van der Waals surface area contributed by atoms with Gasteiger partial charge in [-0.05, 0) is 23.8 Å². The van der Waals surface area contributed by atoms with Crippen LogP contribution >= 0.6 is 11.3 Å². The molecule has 1 aliphatic heterocycles. The Labute approximate surface area is 99.7 Å². The molecule has 1 saturated heterocycles. The maximum Gasteiger partial charge on any atom is 0.228 e. The molecule has 1 aromatic heterocycles. The van der Waals surface area contributed by atoms with Gasteiger partial charge in [0.05, 0.1) is 19.1 Å². The SMILES string of the molecule is CC1CCN(C(=O)Cc2cccs2)C1CO. The molecule has 0 saturated carbocycles. The van der Waals surface area contributed by atoms with Crippen LogP contribution in [0.4, 0.5) is 0 Å². The number of hydrogen-bond donors (Lipinski definition) is 1. The van der Waals surface area contributed by atoms with Gasteiger partial charge < -0.3 is 10.0 Å². The third-order valence-electron chi connectivity index (χ3n) is 3.30. The van der Waals surface area contributed by atoms with Gasteiger partial charge in [-0.3, -0.25) is 4.79 Å². The predicted molar refractivity (Wildman–Crippen MR) is 64.4 cm³/mol. The standard InChI is InChI=1S/C12H17NO2S/c1-9-4-5-13(11(9)8-14)12(15)7-10-3-2-6-16-10/h2-3,6,9,11,14H,4-5,7-8H2,1H3. The minimum absolute atomic E-state index is 0.0208. The lowest BCUT2D eigenvalue weighted by Crippen LogP contribution is -2.40. The summed E-state index contributed by atoms with van der Waals surface area (Å²) in [6.45, 7) is 2.97. The third-order valence-corrected chi connectivity index (χ3v) is 4.17. The van der Waals surface area contributed by atoms with Crippen molar-refractivity contribution in [1.29, 1.82) is 0 Å². The number of hydrogen-bond acceptors (Lipinski definition) is 3. The van der Waals surface area contributed by atoms with Crippen LogP contribution in [-0.4, -0.2) is 35.1 Å². The Morgan fingerprint density at radius 1 is 1.69 bits per heavy atom. The van der Waals surface area contributed by atoms with Crippen LogP contribution in [-0.2, 0) is 11.2 Å². The number of aliphatic hydroxyl groups is 1. The van der Waals surface area contributed by atoms with Crippen LogP contribution in [0.15, 0.2) is 17.5 Å². The fourth-order valence-corrected chi connectivity index (χ4v) is 2.96. The summed E-state index contributed by atoms with van der Waals surface area (Å²) in [5.74, 6) is 0.558. The molecule has 0 aliphatic carbocycles. The zero-order valence-corrected chi connectivity index (χ0v) is 10.2. The van der Waals surface area contributed by atoms with E-state index in [1.54, 1.807) is 11.3 Å². The molecule has 2 rings (SSSR count). The van der Waals surface area contributed by atoms with Crippen molar-refractivity contribution in [1.82, 2.24) is 4.90 Å². The molecule has 0 aromatic carbocycles. The Bertz CT molecular complexity index is 350. The quantitative estimate of drug-likeness (QED) is 0.869. The largest absolute Gasteiger partial charge is 0.394 e. The summed E-state index contributed by atoms with van der Waals surface area (Å²) in [5, 5.41) is 11.3. The summed E-state index contributed by atoms with van der Waals surface area (Å²) < 4.78 is 0. The second-order valence-electron chi connectivity index (χ2n) is 4.36. The van der Waals surface area contributed by atoms with Crippen LogP contribution in [0.3, 0.4) is 0 Å². The first-order chi connectivity index (χ1) is 7.72. The number of carbonyl (C=O) groups excluding carboxylic acids is 1. The molecule has 2 unspecified atom stereocenters. The van der Waals surface area contributed by atoms with Gasteiger partial charge in [0.1, 0.15) is 0 Å². The summed E-state index contributed by atoms with van der Waals surface area (Å²) in [7, 11) is 0. The molecule has 2 heterocycles. The highest BCUT2D eigenvalue weighted by atomic mass is 32.1. The number of rotatable bonds is 3. The second-order valence-corrected chi connectivity index (χ2v) is 5.39. The molecule has 0 spiro atoms. The molecular weight excluding hydrogens is 222 g/mol. The molecule has 3 nitrogen and oxygen atoms in total. The predicted octanol–water partition coefficient (Wildman–Crippen LogP) is 1.52. The Morgan fingerprint density at radius 2 is 2.50 bits per heavy atom. The van der Waals surface area contributed by atoms with Crippen molar-refractivity contribution < 1.29 is 9.90 Å². The van der Waals surface area contributed by atoms with E-state index >= 15 is 0 Å². The Kier molecular flexibility index (Phi) is 3.61. The van der Waals surface area contributed by atoms with Crippen molar-refractivity contribution in [3.8, 4) is 0 Å². The fraction of sp³-hybridized carbons (Fsp3) is 0.583. The monoisotopic (exact) mass is 239 g/mol. The van der Waals surface area contributed by atoms with Gasteiger partial charge >= 0.3 is 0 Å². The van der Waals surface area contributed by atoms with E-state index in [0.29, 0.717) is 12.3 Å². The summed E-state index contributed by atoms with van der Waals surface area (Å²) in [5.41, 5.74) is 0. The van der Waals surface area contributed by atoms with Gasteiger partial charge in [0.2, 0.25) is 5.91 Å². The Hall–Kier alpha value is -0.870. The molecule has 4 heteroatoms. The number of aliphatic hydroxyl groups excluding tert-OH is 1. The first kappa shape index (κ1) is 11.6. The second kappa shape index (κ2) is 4.97. The maximum atomic E-state index is 12.0. The molecule has 88 valence electrons. The van der Waals surface area contributed by atoms with Gasteiger partial charge in [-0.1, -0.05) is 13.0 Å². The minimum Gasteiger partial charge on any atom is -0.394 e. The molecule has 0 radical (unpaired) electrons. The van der Waals surface area contributed by atoms with E-state index in [9.17, 15) is 9.90 Å². The van der Waals surface area contributed by atoms with E-state index in [2.05, 4.69) is 6.92 Å². The number of nitrogens with zero attached hydrogens (tertiary/aromatic N) is 1. The van der Waals surface area contributed by atoms with Crippen LogP contribution in [0.25, 0.3) is 0 Å². The van der Waals surface area contributed by atoms with Crippen LogP contribution < -0.4 is 0 Å². The summed E-state index contributed by atoms with van der Waals surface area (Å²) in [6.07, 6.45) is 1.47. The van der Waals surface area contributed by atoms with Crippen molar-refractivity contribution in [3.63, 3.8) is 0 Å². The van der Waals surface area contributed by atoms with E-state index in [0.717, 1.165) is 17.8 Å². The van der Waals surface area contributed by atoms with Gasteiger partial charge in [0.15, 0.2) is 0 Å². The fourth-order valence-electron chi connectivity index (χ4n) is 2.26. The van der Waals surface area contributed by atoms with Crippen molar-refractivity contribution >= 4 is 17.2 Å². The highest BCUT2D eigenvalue weighted by Crippen LogP contribution is 2.24. The molecule has 1 N–H and O–H groups in total. The van der Waals surface area contributed by atoms with E-state index in [-0.39, 0.29) is 18.6 Å². The Morgan fingerprint density at radius 3 is 3.12 bits per heavy atom. The Balaban J connectivity index is 1.99. The van der Waals surface area contributed by atoms with Gasteiger partial charge in [-0.15, -0.1) is 11.3 Å². The van der Waals surface area contributed by atoms with Crippen LogP contribution in [0.1, 0.15) is 18.2 Å². The number of likely N-dealkylation sites (tertiary alicyclic amines) is 1. The van der Waals surface area contributed by atoms with Crippen molar-refractivity contribution in [3.05, 3.63) is 22.4 Å². The zero-order valence-electron chi connectivity index (χ0n) is 9.43. The summed E-state index contributed by atoms with van der Waals surface area (Å²) in [6, 6.07) is 3.96. The molecule has 1 amide bonds. The van der Waals surface area contributed by atoms with Crippen LogP contribution in [0, 0.1) is 5.92 Å². The molecule has 1 aromatic rings. The number of thiophene rings is 1. The first-order valence-corrected chi connectivity index (χ1v) is 6.53. The highest BCUT2D eigenvalue weighted by molar-refractivity contribution is 7.10. The van der Waals surface area contributed by atoms with Crippen LogP contribution in [0.2, 0.25) is 0 Å². The molecule has 2 atom stereocenters. The average molecular weight is 239 g/mol. The van der Waals surface area contributed by atoms with Crippen molar-refractivity contribution in [2.75, 3.05) is 13.2 Å².